The molecule has 0 heterocycles. The van der Waals surface area contributed by atoms with Crippen LogP contribution in [0.3, 0.4) is 0 Å². The number of nitrogens with one attached hydrogen (secondary N) is 1. The first kappa shape index (κ1) is 42.5. The van der Waals surface area contributed by atoms with Crippen LogP contribution in [-0.4, -0.2) is 60.9 Å². The molecule has 1 fully saturated rings. The van der Waals surface area contributed by atoms with Crippen molar-refractivity contribution >= 4 is 29.2 Å². The van der Waals surface area contributed by atoms with E-state index in [-0.39, 0.29) is 41.3 Å². The molecular formula is C45H68N2O6. The number of ether oxygens (including phenoxy) is 2. The number of ketones is 2. The summed E-state index contributed by atoms with van der Waals surface area (Å²) < 4.78 is 11.7. The quantitative estimate of drug-likeness (QED) is 0.125. The van der Waals surface area contributed by atoms with Gasteiger partial charge in [-0.2, -0.15) is 0 Å². The van der Waals surface area contributed by atoms with E-state index in [1.807, 2.05) is 40.7 Å². The minimum atomic E-state index is -1.15. The summed E-state index contributed by atoms with van der Waals surface area (Å²) in [7, 11) is 2.14. The number of anilines is 1. The van der Waals surface area contributed by atoms with Crippen molar-refractivity contribution in [2.75, 3.05) is 25.0 Å². The molecule has 8 heteroatoms. The second-order valence-corrected chi connectivity index (χ2v) is 17.7. The third-order valence-electron chi connectivity index (χ3n) is 12.3. The van der Waals surface area contributed by atoms with Crippen molar-refractivity contribution in [3.8, 4) is 0 Å². The van der Waals surface area contributed by atoms with Crippen molar-refractivity contribution in [1.29, 1.82) is 0 Å². The zero-order valence-corrected chi connectivity index (χ0v) is 34.5. The van der Waals surface area contributed by atoms with Crippen molar-refractivity contribution < 1.29 is 28.7 Å². The van der Waals surface area contributed by atoms with Gasteiger partial charge in [-0.1, -0.05) is 58.2 Å². The van der Waals surface area contributed by atoms with E-state index in [0.29, 0.717) is 19.3 Å². The van der Waals surface area contributed by atoms with Gasteiger partial charge in [0.1, 0.15) is 11.6 Å². The summed E-state index contributed by atoms with van der Waals surface area (Å²) in [6.45, 7) is 18.9. The van der Waals surface area contributed by atoms with Crippen LogP contribution in [-0.2, 0) is 28.7 Å². The fraction of sp³-hybridized carbons (Fsp3) is 0.689. The largest absolute Gasteiger partial charge is 0.459 e. The molecule has 0 amide bonds. The van der Waals surface area contributed by atoms with Gasteiger partial charge < -0.3 is 19.7 Å². The number of fused-ring (bicyclic) bond motifs is 1. The molecule has 0 spiro atoms. The van der Waals surface area contributed by atoms with Crippen LogP contribution in [0, 0.1) is 17.3 Å². The van der Waals surface area contributed by atoms with Crippen molar-refractivity contribution in [2.24, 2.45) is 17.3 Å². The number of nitrogens with zero attached hydrogens (tertiary/aromatic N) is 1. The summed E-state index contributed by atoms with van der Waals surface area (Å²) >= 11 is 0. The smallest absolute Gasteiger partial charge is 0.323 e. The number of allylic oxidation sites excluding steroid dienone is 4. The maximum atomic E-state index is 13.5. The van der Waals surface area contributed by atoms with E-state index >= 15 is 0 Å². The molecule has 0 aliphatic heterocycles. The molecular weight excluding hydrogens is 665 g/mol. The lowest BCUT2D eigenvalue weighted by atomic mass is 9.61. The lowest BCUT2D eigenvalue weighted by Gasteiger charge is -2.46. The lowest BCUT2D eigenvalue weighted by Crippen LogP contribution is -2.53. The third kappa shape index (κ3) is 10.3. The van der Waals surface area contributed by atoms with Crippen LogP contribution in [0.2, 0.25) is 0 Å². The number of hydrogen-bond donors (Lipinski definition) is 1. The van der Waals surface area contributed by atoms with E-state index in [2.05, 4.69) is 55.4 Å². The van der Waals surface area contributed by atoms with Gasteiger partial charge in [0.05, 0.1) is 0 Å². The van der Waals surface area contributed by atoms with E-state index in [1.165, 1.54) is 29.2 Å². The van der Waals surface area contributed by atoms with Crippen LogP contribution in [0.4, 0.5) is 5.69 Å². The van der Waals surface area contributed by atoms with Crippen LogP contribution in [0.25, 0.3) is 0 Å². The van der Waals surface area contributed by atoms with E-state index in [4.69, 9.17) is 9.47 Å². The average Bonchev–Trinajstić information content (AvgIpc) is 3.32. The Morgan fingerprint density at radius 2 is 1.66 bits per heavy atom. The number of hydrogen-bond acceptors (Lipinski definition) is 8. The molecule has 294 valence electrons. The number of rotatable bonds is 17. The monoisotopic (exact) mass is 733 g/mol. The lowest BCUT2D eigenvalue weighted by molar-refractivity contribution is -0.179. The van der Waals surface area contributed by atoms with E-state index in [0.717, 1.165) is 76.6 Å². The molecule has 8 nitrogen and oxygen atoms in total. The third-order valence-corrected chi connectivity index (χ3v) is 12.3. The highest BCUT2D eigenvalue weighted by Crippen LogP contribution is 2.59. The molecule has 0 unspecified atom stereocenters. The second kappa shape index (κ2) is 17.9. The average molecular weight is 733 g/mol. The predicted octanol–water partition coefficient (Wildman–Crippen LogP) is 9.21. The Hall–Kier alpha value is -3.26. The minimum Gasteiger partial charge on any atom is -0.459 e. The van der Waals surface area contributed by atoms with Crippen LogP contribution >= 0.6 is 0 Å². The maximum absolute atomic E-state index is 13.5. The summed E-state index contributed by atoms with van der Waals surface area (Å²) in [6, 6.07) is 8.64. The predicted molar refractivity (Wildman–Crippen MR) is 213 cm³/mol. The van der Waals surface area contributed by atoms with Gasteiger partial charge in [0, 0.05) is 44.0 Å². The topological polar surface area (TPSA) is 102 Å². The molecule has 53 heavy (non-hydrogen) atoms. The molecule has 3 aliphatic rings. The Balaban J connectivity index is 1.46. The normalized spacial score (nSPS) is 24.4. The number of esters is 2. The molecule has 0 aromatic heterocycles. The summed E-state index contributed by atoms with van der Waals surface area (Å²) in [6.07, 6.45) is 12.4. The number of carbonyl (C=O) groups excluding carboxylic acids is 4. The number of carbonyl (C=O) groups is 4. The number of unbranched alkanes of at least 4 members (excludes halogenated alkanes) is 3. The second-order valence-electron chi connectivity index (χ2n) is 17.7. The molecule has 1 aromatic carbocycles. The Kier molecular flexibility index (Phi) is 14.4. The molecule has 3 aliphatic carbocycles. The Bertz CT molecular complexity index is 1530. The van der Waals surface area contributed by atoms with Gasteiger partial charge in [-0.05, 0) is 139 Å². The summed E-state index contributed by atoms with van der Waals surface area (Å²) in [5.74, 6) is -0.0503. The first-order valence-corrected chi connectivity index (χ1v) is 20.3. The molecule has 0 bridgehead atoms. The van der Waals surface area contributed by atoms with Gasteiger partial charge in [0.15, 0.2) is 17.2 Å². The van der Waals surface area contributed by atoms with Crippen LogP contribution in [0.1, 0.15) is 151 Å². The van der Waals surface area contributed by atoms with Crippen molar-refractivity contribution in [3.63, 3.8) is 0 Å². The van der Waals surface area contributed by atoms with Crippen molar-refractivity contribution in [3.05, 3.63) is 52.6 Å². The molecule has 1 N–H and O–H groups in total. The summed E-state index contributed by atoms with van der Waals surface area (Å²) in [4.78, 5) is 53.3. The molecule has 5 atom stereocenters. The Morgan fingerprint density at radius 3 is 2.28 bits per heavy atom. The Labute approximate surface area is 319 Å². The van der Waals surface area contributed by atoms with Gasteiger partial charge >= 0.3 is 11.9 Å². The Morgan fingerprint density at radius 1 is 0.981 bits per heavy atom. The first-order chi connectivity index (χ1) is 24.9. The summed E-state index contributed by atoms with van der Waals surface area (Å²) in [5, 5.41) is 3.42. The van der Waals surface area contributed by atoms with E-state index in [1.54, 1.807) is 6.92 Å². The number of benzene rings is 1. The minimum absolute atomic E-state index is 0.0420. The van der Waals surface area contributed by atoms with Crippen LogP contribution < -0.4 is 10.2 Å². The van der Waals surface area contributed by atoms with Gasteiger partial charge in [0.2, 0.25) is 0 Å². The molecule has 0 radical (unpaired) electrons. The van der Waals surface area contributed by atoms with Crippen molar-refractivity contribution in [2.45, 2.75) is 163 Å². The van der Waals surface area contributed by atoms with E-state index in [9.17, 15) is 19.2 Å². The van der Waals surface area contributed by atoms with Crippen molar-refractivity contribution in [1.82, 2.24) is 5.32 Å². The standard InChI is InChI=1S/C45H68N2O6/c1-30(2)41(42(51)53-43(6,7)8)46-26-13-11-12-14-27-47(10)36-20-18-34(19-21-36)40(39-17-15-16-35-28-37(50)22-23-38(35)39)29-44(9)31(3)24-25-45(44,32(4)48)52-33(5)49/h18-21,28,30-31,40-41,46H,11-17,22-27,29H2,1-10H3/t31-,40-,41+,44+,45+/m1/s1. The van der Waals surface area contributed by atoms with Crippen LogP contribution in [0.15, 0.2) is 47.1 Å². The fourth-order valence-corrected chi connectivity index (χ4v) is 9.21. The summed E-state index contributed by atoms with van der Waals surface area (Å²) in [5.41, 5.74) is 4.08. The zero-order valence-electron chi connectivity index (χ0n) is 34.5. The van der Waals surface area contributed by atoms with E-state index < -0.39 is 22.6 Å². The highest BCUT2D eigenvalue weighted by molar-refractivity contribution is 5.93. The molecule has 1 aromatic rings. The zero-order chi connectivity index (χ0) is 39.1. The van der Waals surface area contributed by atoms with Gasteiger partial charge in [0.25, 0.3) is 0 Å². The van der Waals surface area contributed by atoms with Crippen LogP contribution in [0.5, 0.6) is 0 Å². The molecule has 1 saturated carbocycles. The number of Topliss-reactive ketones (excluding diaryl/α,β-unsaturated/α-hetero) is 1. The van der Waals surface area contributed by atoms with Gasteiger partial charge in [-0.15, -0.1) is 0 Å². The molecule has 0 saturated heterocycles. The highest BCUT2D eigenvalue weighted by atomic mass is 16.6. The first-order valence-electron chi connectivity index (χ1n) is 20.3. The van der Waals surface area contributed by atoms with Gasteiger partial charge in [-0.25, -0.2) is 0 Å². The van der Waals surface area contributed by atoms with Gasteiger partial charge in [-0.3, -0.25) is 19.2 Å². The maximum Gasteiger partial charge on any atom is 0.323 e. The SMILES string of the molecule is CC(=O)O[C@]1(C(C)=O)CC[C@@H](C)[C@]1(C)C[C@@H](C1=C2CCC(=O)C=C2CCC1)c1ccc(N(C)CCCCCCN[C@H](C(=O)OC(C)(C)C)C(C)C)cc1. The highest BCUT2D eigenvalue weighted by Gasteiger charge is 2.62. The fourth-order valence-electron chi connectivity index (χ4n) is 9.21. The molecule has 4 rings (SSSR count).